The SMILES string of the molecule is O=C1CCC(N2C(=O)c3cccc(N4CCCC(CCO)C4)c3C2=O)C(=O)N1. The first-order valence-electron chi connectivity index (χ1n) is 9.71. The first-order valence-corrected chi connectivity index (χ1v) is 9.71. The van der Waals surface area contributed by atoms with E-state index >= 15 is 0 Å². The summed E-state index contributed by atoms with van der Waals surface area (Å²) < 4.78 is 0. The minimum Gasteiger partial charge on any atom is -0.396 e. The van der Waals surface area contributed by atoms with E-state index in [1.165, 1.54) is 0 Å². The van der Waals surface area contributed by atoms with E-state index in [2.05, 4.69) is 10.2 Å². The predicted molar refractivity (Wildman–Crippen MR) is 99.8 cm³/mol. The van der Waals surface area contributed by atoms with Crippen molar-refractivity contribution < 1.29 is 24.3 Å². The average molecular weight is 385 g/mol. The maximum Gasteiger partial charge on any atom is 0.264 e. The van der Waals surface area contributed by atoms with Gasteiger partial charge in [-0.25, -0.2) is 0 Å². The lowest BCUT2D eigenvalue weighted by atomic mass is 9.94. The lowest BCUT2D eigenvalue weighted by Gasteiger charge is -2.35. The Morgan fingerprint density at radius 3 is 2.68 bits per heavy atom. The number of carbonyl (C=O) groups excluding carboxylic acids is 4. The Hall–Kier alpha value is -2.74. The molecule has 0 radical (unpaired) electrons. The summed E-state index contributed by atoms with van der Waals surface area (Å²) in [6.45, 7) is 1.63. The lowest BCUT2D eigenvalue weighted by molar-refractivity contribution is -0.136. The van der Waals surface area contributed by atoms with Crippen LogP contribution in [0.1, 0.15) is 52.8 Å². The monoisotopic (exact) mass is 385 g/mol. The Kier molecular flexibility index (Phi) is 4.89. The summed E-state index contributed by atoms with van der Waals surface area (Å²) in [6, 6.07) is 4.24. The highest BCUT2D eigenvalue weighted by molar-refractivity contribution is 6.25. The van der Waals surface area contributed by atoms with Crippen molar-refractivity contribution in [3.63, 3.8) is 0 Å². The molecule has 2 fully saturated rings. The number of imide groups is 2. The van der Waals surface area contributed by atoms with Crippen LogP contribution >= 0.6 is 0 Å². The molecule has 0 aromatic heterocycles. The van der Waals surface area contributed by atoms with Crippen LogP contribution in [0, 0.1) is 5.92 Å². The fraction of sp³-hybridized carbons (Fsp3) is 0.500. The average Bonchev–Trinajstić information content (AvgIpc) is 2.94. The number of amides is 4. The maximum absolute atomic E-state index is 13.2. The summed E-state index contributed by atoms with van der Waals surface area (Å²) in [4.78, 5) is 52.8. The third-order valence-corrected chi connectivity index (χ3v) is 5.84. The number of fused-ring (bicyclic) bond motifs is 1. The molecule has 8 heteroatoms. The number of nitrogens with zero attached hydrogens (tertiary/aromatic N) is 2. The van der Waals surface area contributed by atoms with E-state index in [4.69, 9.17) is 0 Å². The summed E-state index contributed by atoms with van der Waals surface area (Å²) >= 11 is 0. The molecule has 2 unspecified atom stereocenters. The van der Waals surface area contributed by atoms with E-state index in [9.17, 15) is 24.3 Å². The van der Waals surface area contributed by atoms with Gasteiger partial charge in [0.25, 0.3) is 11.8 Å². The van der Waals surface area contributed by atoms with Crippen LogP contribution in [-0.2, 0) is 9.59 Å². The molecule has 148 valence electrons. The molecular weight excluding hydrogens is 362 g/mol. The van der Waals surface area contributed by atoms with Gasteiger partial charge in [-0.15, -0.1) is 0 Å². The molecule has 1 aromatic rings. The number of benzene rings is 1. The van der Waals surface area contributed by atoms with Crippen molar-refractivity contribution in [1.82, 2.24) is 10.2 Å². The molecule has 2 atom stereocenters. The van der Waals surface area contributed by atoms with Gasteiger partial charge in [0.15, 0.2) is 0 Å². The molecule has 0 saturated carbocycles. The van der Waals surface area contributed by atoms with Crippen molar-refractivity contribution in [3.05, 3.63) is 29.3 Å². The molecule has 4 rings (SSSR count). The van der Waals surface area contributed by atoms with Gasteiger partial charge in [-0.3, -0.25) is 29.4 Å². The smallest absolute Gasteiger partial charge is 0.264 e. The maximum atomic E-state index is 13.2. The summed E-state index contributed by atoms with van der Waals surface area (Å²) in [5, 5.41) is 11.5. The number of aliphatic hydroxyl groups is 1. The highest BCUT2D eigenvalue weighted by Crippen LogP contribution is 2.36. The van der Waals surface area contributed by atoms with Crippen molar-refractivity contribution in [2.75, 3.05) is 24.6 Å². The molecule has 2 saturated heterocycles. The van der Waals surface area contributed by atoms with E-state index in [1.807, 2.05) is 6.07 Å². The Balaban J connectivity index is 1.65. The van der Waals surface area contributed by atoms with Crippen LogP contribution in [-0.4, -0.2) is 59.4 Å². The lowest BCUT2D eigenvalue weighted by Crippen LogP contribution is -2.54. The van der Waals surface area contributed by atoms with Crippen LogP contribution < -0.4 is 10.2 Å². The van der Waals surface area contributed by atoms with Gasteiger partial charge < -0.3 is 10.0 Å². The van der Waals surface area contributed by atoms with Gasteiger partial charge >= 0.3 is 0 Å². The standard InChI is InChI=1S/C20H23N3O5/c24-10-8-12-3-2-9-22(11-12)14-5-1-4-13-17(14)20(28)23(19(13)27)15-6-7-16(25)21-18(15)26/h1,4-5,12,15,24H,2-3,6-11H2,(H,21,25,26). The molecule has 3 heterocycles. The topological polar surface area (TPSA) is 107 Å². The second-order valence-electron chi connectivity index (χ2n) is 7.61. The zero-order valence-corrected chi connectivity index (χ0v) is 15.5. The van der Waals surface area contributed by atoms with Gasteiger partial charge in [0, 0.05) is 26.1 Å². The summed E-state index contributed by atoms with van der Waals surface area (Å²) in [5.41, 5.74) is 1.34. The summed E-state index contributed by atoms with van der Waals surface area (Å²) in [7, 11) is 0. The van der Waals surface area contributed by atoms with Gasteiger partial charge in [-0.2, -0.15) is 0 Å². The Labute approximate surface area is 162 Å². The third kappa shape index (κ3) is 3.07. The number of hydrogen-bond acceptors (Lipinski definition) is 6. The third-order valence-electron chi connectivity index (χ3n) is 5.84. The second-order valence-corrected chi connectivity index (χ2v) is 7.61. The molecule has 0 spiro atoms. The van der Waals surface area contributed by atoms with Crippen molar-refractivity contribution in [1.29, 1.82) is 0 Å². The Bertz CT molecular complexity index is 850. The van der Waals surface area contributed by atoms with Crippen LogP contribution in [0.2, 0.25) is 0 Å². The zero-order valence-electron chi connectivity index (χ0n) is 15.5. The Morgan fingerprint density at radius 1 is 1.11 bits per heavy atom. The van der Waals surface area contributed by atoms with Crippen LogP contribution in [0.15, 0.2) is 18.2 Å². The van der Waals surface area contributed by atoms with Gasteiger partial charge in [0.2, 0.25) is 11.8 Å². The van der Waals surface area contributed by atoms with E-state index in [1.54, 1.807) is 12.1 Å². The minimum atomic E-state index is -0.957. The van der Waals surface area contributed by atoms with Crippen LogP contribution in [0.5, 0.6) is 0 Å². The van der Waals surface area contributed by atoms with Gasteiger partial charge in [0.05, 0.1) is 16.8 Å². The van der Waals surface area contributed by atoms with Gasteiger partial charge in [-0.05, 0) is 43.7 Å². The zero-order chi connectivity index (χ0) is 19.8. The highest BCUT2D eigenvalue weighted by atomic mass is 16.3. The van der Waals surface area contributed by atoms with E-state index in [-0.39, 0.29) is 25.4 Å². The normalized spacial score (nSPS) is 25.2. The molecule has 8 nitrogen and oxygen atoms in total. The molecule has 0 bridgehead atoms. The number of nitrogens with one attached hydrogen (secondary N) is 1. The van der Waals surface area contributed by atoms with Gasteiger partial charge in [0.1, 0.15) is 6.04 Å². The minimum absolute atomic E-state index is 0.103. The number of hydrogen-bond donors (Lipinski definition) is 2. The van der Waals surface area contributed by atoms with Crippen LogP contribution in [0.25, 0.3) is 0 Å². The molecule has 3 aliphatic rings. The fourth-order valence-corrected chi connectivity index (χ4v) is 4.46. The van der Waals surface area contributed by atoms with Crippen LogP contribution in [0.3, 0.4) is 0 Å². The molecule has 28 heavy (non-hydrogen) atoms. The largest absolute Gasteiger partial charge is 0.396 e. The van der Waals surface area contributed by atoms with E-state index in [0.717, 1.165) is 30.8 Å². The number of aliphatic hydroxyl groups excluding tert-OH is 1. The van der Waals surface area contributed by atoms with E-state index in [0.29, 0.717) is 29.2 Å². The van der Waals surface area contributed by atoms with Crippen molar-refractivity contribution in [2.24, 2.45) is 5.92 Å². The van der Waals surface area contributed by atoms with Crippen LogP contribution in [0.4, 0.5) is 5.69 Å². The number of carbonyl (C=O) groups is 4. The fourth-order valence-electron chi connectivity index (χ4n) is 4.46. The van der Waals surface area contributed by atoms with Crippen molar-refractivity contribution in [2.45, 2.75) is 38.1 Å². The summed E-state index contributed by atoms with van der Waals surface area (Å²) in [5.74, 6) is -1.61. The Morgan fingerprint density at radius 2 is 1.93 bits per heavy atom. The first-order chi connectivity index (χ1) is 13.5. The summed E-state index contributed by atoms with van der Waals surface area (Å²) in [6.07, 6.45) is 2.94. The molecule has 4 amide bonds. The number of rotatable bonds is 4. The number of anilines is 1. The number of piperidine rings is 2. The van der Waals surface area contributed by atoms with Crippen molar-refractivity contribution >= 4 is 29.3 Å². The molecule has 2 N–H and O–H groups in total. The highest BCUT2D eigenvalue weighted by Gasteiger charge is 2.46. The molecule has 0 aliphatic carbocycles. The van der Waals surface area contributed by atoms with Gasteiger partial charge in [-0.1, -0.05) is 6.07 Å². The molecular formula is C20H23N3O5. The van der Waals surface area contributed by atoms with Crippen molar-refractivity contribution in [3.8, 4) is 0 Å². The predicted octanol–water partition coefficient (Wildman–Crippen LogP) is 0.687. The van der Waals surface area contributed by atoms with E-state index < -0.39 is 23.8 Å². The quantitative estimate of drug-likeness (QED) is 0.739. The second kappa shape index (κ2) is 7.35. The first kappa shape index (κ1) is 18.6. The molecule has 3 aliphatic heterocycles. The molecule has 1 aromatic carbocycles.